The average Bonchev–Trinajstić information content (AvgIpc) is 2.15. The van der Waals surface area contributed by atoms with Gasteiger partial charge < -0.3 is 5.73 Å². The molecule has 0 aliphatic heterocycles. The molecule has 0 fully saturated rings. The fourth-order valence-electron chi connectivity index (χ4n) is 1.46. The zero-order chi connectivity index (χ0) is 11.6. The van der Waals surface area contributed by atoms with Crippen LogP contribution in [-0.2, 0) is 0 Å². The molecule has 0 radical (unpaired) electrons. The standard InChI is InChI=1S/C11H13N3Si/c1-15(2,3)10-5-4-8(6-12)11(14)9(10)7-13/h4-5H,14H2,1-3H3. The van der Waals surface area contributed by atoms with Crippen LogP contribution in [0.4, 0.5) is 5.69 Å². The number of nitriles is 2. The Hall–Kier alpha value is -1.78. The number of nitrogens with two attached hydrogens (primary N) is 1. The van der Waals surface area contributed by atoms with Crippen LogP contribution in [0.2, 0.25) is 19.6 Å². The molecule has 1 aromatic rings. The highest BCUT2D eigenvalue weighted by Crippen LogP contribution is 2.17. The van der Waals surface area contributed by atoms with E-state index in [0.717, 1.165) is 5.19 Å². The Morgan fingerprint density at radius 2 is 1.73 bits per heavy atom. The molecular weight excluding hydrogens is 202 g/mol. The van der Waals surface area contributed by atoms with Crippen molar-refractivity contribution in [1.82, 2.24) is 0 Å². The number of nitrogen functional groups attached to an aromatic ring is 1. The van der Waals surface area contributed by atoms with Crippen LogP contribution in [0.3, 0.4) is 0 Å². The molecule has 0 bridgehead atoms. The van der Waals surface area contributed by atoms with Gasteiger partial charge in [0.15, 0.2) is 0 Å². The van der Waals surface area contributed by atoms with Crippen LogP contribution < -0.4 is 10.9 Å². The van der Waals surface area contributed by atoms with Crippen molar-refractivity contribution < 1.29 is 0 Å². The summed E-state index contributed by atoms with van der Waals surface area (Å²) in [4.78, 5) is 0. The number of hydrogen-bond acceptors (Lipinski definition) is 3. The van der Waals surface area contributed by atoms with Gasteiger partial charge in [0.25, 0.3) is 0 Å². The summed E-state index contributed by atoms with van der Waals surface area (Å²) < 4.78 is 0. The molecule has 0 heterocycles. The molecule has 1 aromatic carbocycles. The maximum absolute atomic E-state index is 9.07. The van der Waals surface area contributed by atoms with Crippen LogP contribution >= 0.6 is 0 Å². The first-order valence-corrected chi connectivity index (χ1v) is 8.15. The third kappa shape index (κ3) is 2.01. The fraction of sp³-hybridized carbons (Fsp3) is 0.273. The normalized spacial score (nSPS) is 10.5. The zero-order valence-electron chi connectivity index (χ0n) is 9.13. The molecule has 0 saturated heterocycles. The molecule has 76 valence electrons. The maximum Gasteiger partial charge on any atom is 0.101 e. The van der Waals surface area contributed by atoms with Gasteiger partial charge in [-0.15, -0.1) is 0 Å². The van der Waals surface area contributed by atoms with Crippen molar-refractivity contribution in [3.8, 4) is 12.1 Å². The summed E-state index contributed by atoms with van der Waals surface area (Å²) in [5.41, 5.74) is 6.96. The van der Waals surface area contributed by atoms with Crippen molar-refractivity contribution in [1.29, 1.82) is 10.5 Å². The Morgan fingerprint density at radius 1 is 1.13 bits per heavy atom. The summed E-state index contributed by atoms with van der Waals surface area (Å²) in [6.45, 7) is 6.44. The lowest BCUT2D eigenvalue weighted by atomic mass is 10.1. The Labute approximate surface area is 90.8 Å². The van der Waals surface area contributed by atoms with Gasteiger partial charge in [-0.3, -0.25) is 0 Å². The SMILES string of the molecule is C[Si](C)(C)c1ccc(C#N)c(N)c1C#N. The minimum absolute atomic E-state index is 0.319. The monoisotopic (exact) mass is 215 g/mol. The molecule has 0 aliphatic carbocycles. The summed E-state index contributed by atoms with van der Waals surface area (Å²) in [5, 5.41) is 18.9. The summed E-state index contributed by atoms with van der Waals surface area (Å²) >= 11 is 0. The van der Waals surface area contributed by atoms with E-state index in [4.69, 9.17) is 16.3 Å². The second-order valence-electron chi connectivity index (χ2n) is 4.42. The molecule has 0 atom stereocenters. The van der Waals surface area contributed by atoms with Crippen LogP contribution in [0.5, 0.6) is 0 Å². The van der Waals surface area contributed by atoms with E-state index in [1.165, 1.54) is 0 Å². The second kappa shape index (κ2) is 3.76. The number of hydrogen-bond donors (Lipinski definition) is 1. The van der Waals surface area contributed by atoms with Gasteiger partial charge in [-0.1, -0.05) is 25.7 Å². The van der Waals surface area contributed by atoms with Crippen molar-refractivity contribution in [2.75, 3.05) is 5.73 Å². The molecule has 0 saturated carbocycles. The van der Waals surface area contributed by atoms with Crippen molar-refractivity contribution >= 4 is 18.9 Å². The number of anilines is 1. The van der Waals surface area contributed by atoms with Crippen LogP contribution in [0.25, 0.3) is 0 Å². The third-order valence-electron chi connectivity index (χ3n) is 2.29. The summed E-state index contributed by atoms with van der Waals surface area (Å²) in [6, 6.07) is 7.65. The van der Waals surface area contributed by atoms with Gasteiger partial charge in [0.2, 0.25) is 0 Å². The molecule has 0 aliphatic rings. The Morgan fingerprint density at radius 3 is 2.13 bits per heavy atom. The Kier molecular flexibility index (Phi) is 2.83. The minimum Gasteiger partial charge on any atom is -0.397 e. The first kappa shape index (κ1) is 11.3. The Bertz CT molecular complexity index is 472. The van der Waals surface area contributed by atoms with Gasteiger partial charge in [0.05, 0.1) is 24.9 Å². The molecule has 15 heavy (non-hydrogen) atoms. The number of nitrogens with zero attached hydrogens (tertiary/aromatic N) is 2. The minimum atomic E-state index is -1.58. The van der Waals surface area contributed by atoms with Crippen LogP contribution in [0.1, 0.15) is 11.1 Å². The Balaban J connectivity index is 3.56. The van der Waals surface area contributed by atoms with Gasteiger partial charge in [-0.05, 0) is 11.3 Å². The predicted molar refractivity (Wildman–Crippen MR) is 63.3 cm³/mol. The first-order chi connectivity index (χ1) is 6.91. The third-order valence-corrected chi connectivity index (χ3v) is 4.32. The van der Waals surface area contributed by atoms with Crippen molar-refractivity contribution in [2.45, 2.75) is 19.6 Å². The molecular formula is C11H13N3Si. The molecule has 0 spiro atoms. The van der Waals surface area contributed by atoms with Crippen LogP contribution in [-0.4, -0.2) is 8.07 Å². The quantitative estimate of drug-likeness (QED) is 0.570. The smallest absolute Gasteiger partial charge is 0.101 e. The molecule has 0 aromatic heterocycles. The van der Waals surface area contributed by atoms with E-state index >= 15 is 0 Å². The van der Waals surface area contributed by atoms with Crippen molar-refractivity contribution in [3.63, 3.8) is 0 Å². The lowest BCUT2D eigenvalue weighted by Crippen LogP contribution is -2.40. The molecule has 1 rings (SSSR count). The lowest BCUT2D eigenvalue weighted by molar-refractivity contribution is 1.45. The zero-order valence-corrected chi connectivity index (χ0v) is 10.1. The highest BCUT2D eigenvalue weighted by atomic mass is 28.3. The van der Waals surface area contributed by atoms with Gasteiger partial charge in [-0.25, -0.2) is 0 Å². The largest absolute Gasteiger partial charge is 0.397 e. The van der Waals surface area contributed by atoms with Crippen molar-refractivity contribution in [3.05, 3.63) is 23.3 Å². The lowest BCUT2D eigenvalue weighted by Gasteiger charge is -2.19. The molecule has 0 amide bonds. The molecule has 0 unspecified atom stereocenters. The van der Waals surface area contributed by atoms with Gasteiger partial charge in [0.1, 0.15) is 12.1 Å². The van der Waals surface area contributed by atoms with Crippen LogP contribution in [0.15, 0.2) is 12.1 Å². The average molecular weight is 215 g/mol. The topological polar surface area (TPSA) is 73.6 Å². The van der Waals surface area contributed by atoms with E-state index in [2.05, 4.69) is 25.7 Å². The van der Waals surface area contributed by atoms with E-state index in [9.17, 15) is 0 Å². The van der Waals surface area contributed by atoms with E-state index < -0.39 is 8.07 Å². The predicted octanol–water partition coefficient (Wildman–Crippen LogP) is 1.56. The van der Waals surface area contributed by atoms with E-state index in [0.29, 0.717) is 16.8 Å². The highest BCUT2D eigenvalue weighted by Gasteiger charge is 2.22. The second-order valence-corrected chi connectivity index (χ2v) is 9.46. The summed E-state index contributed by atoms with van der Waals surface area (Å²) in [7, 11) is -1.58. The van der Waals surface area contributed by atoms with E-state index in [1.54, 1.807) is 6.07 Å². The highest BCUT2D eigenvalue weighted by molar-refractivity contribution is 6.89. The molecule has 2 N–H and O–H groups in total. The molecule has 4 heteroatoms. The van der Waals surface area contributed by atoms with Crippen molar-refractivity contribution in [2.24, 2.45) is 0 Å². The first-order valence-electron chi connectivity index (χ1n) is 4.65. The number of benzene rings is 1. The van der Waals surface area contributed by atoms with Crippen LogP contribution in [0, 0.1) is 22.7 Å². The van der Waals surface area contributed by atoms with Gasteiger partial charge >= 0.3 is 0 Å². The van der Waals surface area contributed by atoms with Gasteiger partial charge in [-0.2, -0.15) is 10.5 Å². The van der Waals surface area contributed by atoms with E-state index in [1.807, 2.05) is 12.1 Å². The van der Waals surface area contributed by atoms with Gasteiger partial charge in [0, 0.05) is 0 Å². The number of rotatable bonds is 1. The maximum atomic E-state index is 9.07. The summed E-state index contributed by atoms with van der Waals surface area (Å²) in [6.07, 6.45) is 0. The fourth-order valence-corrected chi connectivity index (χ4v) is 2.99. The molecule has 3 nitrogen and oxygen atoms in total. The van der Waals surface area contributed by atoms with E-state index in [-0.39, 0.29) is 0 Å². The summed E-state index contributed by atoms with van der Waals surface area (Å²) in [5.74, 6) is 0.